The minimum Gasteiger partial charge on any atom is -0.505 e. The van der Waals surface area contributed by atoms with Crippen LogP contribution in [-0.4, -0.2) is 28.2 Å². The smallest absolute Gasteiger partial charge is 0.360 e. The van der Waals surface area contributed by atoms with E-state index in [-0.39, 0.29) is 11.4 Å². The predicted molar refractivity (Wildman–Crippen MR) is 52.5 cm³/mol. The molecular formula is C10H8N2O3. The van der Waals surface area contributed by atoms with Gasteiger partial charge in [-0.05, 0) is 12.1 Å². The maximum absolute atomic E-state index is 11.2. The van der Waals surface area contributed by atoms with Gasteiger partial charge in [0.1, 0.15) is 0 Å². The van der Waals surface area contributed by atoms with Gasteiger partial charge in [0.05, 0.1) is 18.8 Å². The lowest BCUT2D eigenvalue weighted by molar-refractivity contribution is 0.0591. The summed E-state index contributed by atoms with van der Waals surface area (Å²) in [7, 11) is 1.23. The van der Waals surface area contributed by atoms with E-state index in [0.29, 0.717) is 10.9 Å². The molecule has 0 aliphatic heterocycles. The van der Waals surface area contributed by atoms with Gasteiger partial charge in [-0.15, -0.1) is 0 Å². The quantitative estimate of drug-likeness (QED) is 0.705. The maximum Gasteiger partial charge on any atom is 0.360 e. The van der Waals surface area contributed by atoms with Gasteiger partial charge < -0.3 is 9.84 Å². The zero-order chi connectivity index (χ0) is 10.8. The van der Waals surface area contributed by atoms with E-state index >= 15 is 0 Å². The summed E-state index contributed by atoms with van der Waals surface area (Å²) < 4.78 is 4.48. The summed E-state index contributed by atoms with van der Waals surface area (Å²) in [5, 5.41) is 10.2. The van der Waals surface area contributed by atoms with Crippen molar-refractivity contribution in [1.29, 1.82) is 0 Å². The van der Waals surface area contributed by atoms with E-state index in [1.54, 1.807) is 18.3 Å². The molecule has 0 unspecified atom stereocenters. The first kappa shape index (κ1) is 9.39. The molecular weight excluding hydrogens is 196 g/mol. The van der Waals surface area contributed by atoms with Crippen LogP contribution in [0.2, 0.25) is 0 Å². The minimum atomic E-state index is -0.668. The van der Waals surface area contributed by atoms with Gasteiger partial charge in [0, 0.05) is 11.6 Å². The highest BCUT2D eigenvalue weighted by atomic mass is 16.5. The molecule has 0 amide bonds. The summed E-state index contributed by atoms with van der Waals surface area (Å²) in [4.78, 5) is 19.0. The Kier molecular flexibility index (Phi) is 2.21. The fraction of sp³-hybridized carbons (Fsp3) is 0.100. The molecule has 0 fully saturated rings. The number of hydrogen-bond donors (Lipinski definition) is 1. The molecule has 2 aromatic rings. The molecule has 15 heavy (non-hydrogen) atoms. The number of pyridine rings is 2. The number of fused-ring (bicyclic) bond motifs is 1. The molecule has 2 heterocycles. The Bertz CT molecular complexity index is 525. The summed E-state index contributed by atoms with van der Waals surface area (Å²) in [5.74, 6) is -0.870. The monoisotopic (exact) mass is 204 g/mol. The fourth-order valence-corrected chi connectivity index (χ4v) is 1.28. The lowest BCUT2D eigenvalue weighted by Gasteiger charge is -2.03. The first-order valence-electron chi connectivity index (χ1n) is 4.25. The standard InChI is InChI=1S/C10H8N2O3/c1-15-10(14)8-9(13)6-3-2-4-11-7(6)5-12-8/h2-5,13H,1H3. The van der Waals surface area contributed by atoms with Crippen molar-refractivity contribution in [2.24, 2.45) is 0 Å². The number of aromatic nitrogens is 2. The summed E-state index contributed by atoms with van der Waals surface area (Å²) in [6, 6.07) is 3.33. The van der Waals surface area contributed by atoms with Crippen LogP contribution in [0.1, 0.15) is 10.5 Å². The Balaban J connectivity index is 2.70. The van der Waals surface area contributed by atoms with Crippen molar-refractivity contribution in [2.45, 2.75) is 0 Å². The molecule has 2 aromatic heterocycles. The second kappa shape index (κ2) is 3.53. The third kappa shape index (κ3) is 1.48. The Morgan fingerprint density at radius 1 is 1.47 bits per heavy atom. The fourth-order valence-electron chi connectivity index (χ4n) is 1.28. The number of aromatic hydroxyl groups is 1. The van der Waals surface area contributed by atoms with Gasteiger partial charge in [-0.25, -0.2) is 9.78 Å². The van der Waals surface area contributed by atoms with Crippen LogP contribution in [0.5, 0.6) is 5.75 Å². The van der Waals surface area contributed by atoms with Crippen molar-refractivity contribution in [2.75, 3.05) is 7.11 Å². The Hall–Kier alpha value is -2.17. The SMILES string of the molecule is COC(=O)c1ncc2ncccc2c1O. The van der Waals surface area contributed by atoms with Crippen molar-refractivity contribution in [3.05, 3.63) is 30.2 Å². The third-order valence-corrected chi connectivity index (χ3v) is 2.01. The number of methoxy groups -OCH3 is 1. The van der Waals surface area contributed by atoms with Gasteiger partial charge in [-0.3, -0.25) is 4.98 Å². The van der Waals surface area contributed by atoms with Crippen molar-refractivity contribution in [1.82, 2.24) is 9.97 Å². The van der Waals surface area contributed by atoms with Crippen molar-refractivity contribution in [3.63, 3.8) is 0 Å². The zero-order valence-corrected chi connectivity index (χ0v) is 7.97. The number of carbonyl (C=O) groups is 1. The van der Waals surface area contributed by atoms with Gasteiger partial charge in [-0.2, -0.15) is 0 Å². The van der Waals surface area contributed by atoms with E-state index in [4.69, 9.17) is 0 Å². The molecule has 1 N–H and O–H groups in total. The third-order valence-electron chi connectivity index (χ3n) is 2.01. The minimum absolute atomic E-state index is 0.0991. The summed E-state index contributed by atoms with van der Waals surface area (Å²) in [6.07, 6.45) is 3.00. The van der Waals surface area contributed by atoms with Crippen LogP contribution in [-0.2, 0) is 4.74 Å². The van der Waals surface area contributed by atoms with Crippen LogP contribution in [0.4, 0.5) is 0 Å². The van der Waals surface area contributed by atoms with E-state index in [9.17, 15) is 9.90 Å². The predicted octanol–water partition coefficient (Wildman–Crippen LogP) is 1.12. The molecule has 5 heteroatoms. The van der Waals surface area contributed by atoms with Gasteiger partial charge in [0.2, 0.25) is 0 Å². The number of carbonyl (C=O) groups excluding carboxylic acids is 1. The second-order valence-electron chi connectivity index (χ2n) is 2.88. The van der Waals surface area contributed by atoms with E-state index < -0.39 is 5.97 Å². The van der Waals surface area contributed by atoms with Gasteiger partial charge in [-0.1, -0.05) is 0 Å². The average Bonchev–Trinajstić information content (AvgIpc) is 2.29. The van der Waals surface area contributed by atoms with Crippen LogP contribution < -0.4 is 0 Å². The number of nitrogens with zero attached hydrogens (tertiary/aromatic N) is 2. The molecule has 5 nitrogen and oxygen atoms in total. The average molecular weight is 204 g/mol. The Morgan fingerprint density at radius 3 is 3.00 bits per heavy atom. The van der Waals surface area contributed by atoms with Crippen molar-refractivity contribution in [3.8, 4) is 5.75 Å². The second-order valence-corrected chi connectivity index (χ2v) is 2.88. The Morgan fingerprint density at radius 2 is 2.27 bits per heavy atom. The van der Waals surface area contributed by atoms with Gasteiger partial charge >= 0.3 is 5.97 Å². The van der Waals surface area contributed by atoms with Crippen molar-refractivity contribution < 1.29 is 14.6 Å². The molecule has 0 atom stereocenters. The number of esters is 1. The molecule has 0 bridgehead atoms. The summed E-state index contributed by atoms with van der Waals surface area (Å²) in [5.41, 5.74) is 0.431. The highest BCUT2D eigenvalue weighted by Crippen LogP contribution is 2.25. The number of hydrogen-bond acceptors (Lipinski definition) is 5. The Labute approximate surface area is 85.4 Å². The van der Waals surface area contributed by atoms with Crippen LogP contribution in [0.25, 0.3) is 10.9 Å². The number of rotatable bonds is 1. The maximum atomic E-state index is 11.2. The molecule has 0 aromatic carbocycles. The van der Waals surface area contributed by atoms with Crippen LogP contribution in [0, 0.1) is 0 Å². The number of ether oxygens (including phenoxy) is 1. The molecule has 76 valence electrons. The lowest BCUT2D eigenvalue weighted by atomic mass is 10.2. The van der Waals surface area contributed by atoms with E-state index in [1.807, 2.05) is 0 Å². The van der Waals surface area contributed by atoms with Crippen LogP contribution in [0.15, 0.2) is 24.5 Å². The van der Waals surface area contributed by atoms with E-state index in [1.165, 1.54) is 13.3 Å². The normalized spacial score (nSPS) is 10.2. The van der Waals surface area contributed by atoms with E-state index in [0.717, 1.165) is 0 Å². The highest BCUT2D eigenvalue weighted by molar-refractivity contribution is 5.97. The molecule has 0 saturated heterocycles. The van der Waals surface area contributed by atoms with E-state index in [2.05, 4.69) is 14.7 Å². The topological polar surface area (TPSA) is 72.3 Å². The first-order chi connectivity index (χ1) is 7.24. The molecule has 2 rings (SSSR count). The lowest BCUT2D eigenvalue weighted by Crippen LogP contribution is -2.04. The largest absolute Gasteiger partial charge is 0.505 e. The van der Waals surface area contributed by atoms with Gasteiger partial charge in [0.15, 0.2) is 11.4 Å². The highest BCUT2D eigenvalue weighted by Gasteiger charge is 2.15. The molecule has 0 spiro atoms. The summed E-state index contributed by atoms with van der Waals surface area (Å²) >= 11 is 0. The molecule has 0 radical (unpaired) electrons. The van der Waals surface area contributed by atoms with Crippen LogP contribution >= 0.6 is 0 Å². The van der Waals surface area contributed by atoms with Gasteiger partial charge in [0.25, 0.3) is 0 Å². The molecule has 0 aliphatic carbocycles. The molecule has 0 aliphatic rings. The summed E-state index contributed by atoms with van der Waals surface area (Å²) in [6.45, 7) is 0. The van der Waals surface area contributed by atoms with Crippen molar-refractivity contribution >= 4 is 16.9 Å². The molecule has 0 saturated carbocycles. The van der Waals surface area contributed by atoms with Crippen LogP contribution in [0.3, 0.4) is 0 Å². The zero-order valence-electron chi connectivity index (χ0n) is 7.97. The first-order valence-corrected chi connectivity index (χ1v) is 4.25.